The minimum Gasteiger partial charge on any atom is -0.353 e. The van der Waals surface area contributed by atoms with Crippen molar-refractivity contribution >= 4 is 5.91 Å². The van der Waals surface area contributed by atoms with Crippen LogP contribution in [0.4, 0.5) is 0 Å². The first-order chi connectivity index (χ1) is 6.65. The molecular formula is C11H20N2O. The second-order valence-electron chi connectivity index (χ2n) is 5.12. The summed E-state index contributed by atoms with van der Waals surface area (Å²) < 4.78 is 0. The summed E-state index contributed by atoms with van der Waals surface area (Å²) in [5.74, 6) is 0.902. The quantitative estimate of drug-likeness (QED) is 0.705. The van der Waals surface area contributed by atoms with Gasteiger partial charge in [-0.25, -0.2) is 0 Å². The largest absolute Gasteiger partial charge is 0.353 e. The molecule has 3 N–H and O–H groups in total. The number of amides is 1. The fourth-order valence-electron chi connectivity index (χ4n) is 2.25. The molecule has 1 amide bonds. The third kappa shape index (κ3) is 1.92. The first-order valence-corrected chi connectivity index (χ1v) is 5.65. The van der Waals surface area contributed by atoms with Gasteiger partial charge in [0.05, 0.1) is 0 Å². The lowest BCUT2D eigenvalue weighted by molar-refractivity contribution is -0.124. The number of hydrogen-bond donors (Lipinski definition) is 2. The molecule has 0 saturated heterocycles. The molecule has 0 bridgehead atoms. The standard InChI is InChI=1S/C11H20N2O/c1-8-5-9(8)13-10(14)6-11(7-12)3-2-4-11/h8-9H,2-7,12H2,1H3,(H,13,14). The van der Waals surface area contributed by atoms with Crippen LogP contribution in [0.5, 0.6) is 0 Å². The van der Waals surface area contributed by atoms with E-state index in [1.165, 1.54) is 6.42 Å². The van der Waals surface area contributed by atoms with Crippen LogP contribution in [-0.2, 0) is 4.79 Å². The molecule has 0 aromatic rings. The Balaban J connectivity index is 1.76. The van der Waals surface area contributed by atoms with Crippen LogP contribution in [0.25, 0.3) is 0 Å². The number of carbonyl (C=O) groups is 1. The molecule has 14 heavy (non-hydrogen) atoms. The molecule has 2 rings (SSSR count). The maximum atomic E-state index is 11.6. The van der Waals surface area contributed by atoms with Crippen LogP contribution in [0.3, 0.4) is 0 Å². The summed E-state index contributed by atoms with van der Waals surface area (Å²) in [4.78, 5) is 11.6. The van der Waals surface area contributed by atoms with E-state index in [-0.39, 0.29) is 11.3 Å². The van der Waals surface area contributed by atoms with Crippen molar-refractivity contribution in [1.29, 1.82) is 0 Å². The van der Waals surface area contributed by atoms with Crippen LogP contribution >= 0.6 is 0 Å². The molecule has 2 saturated carbocycles. The van der Waals surface area contributed by atoms with Crippen molar-refractivity contribution in [2.45, 2.75) is 45.1 Å². The Kier molecular flexibility index (Phi) is 2.52. The van der Waals surface area contributed by atoms with Crippen molar-refractivity contribution in [1.82, 2.24) is 5.32 Å². The van der Waals surface area contributed by atoms with Crippen LogP contribution in [-0.4, -0.2) is 18.5 Å². The van der Waals surface area contributed by atoms with Gasteiger partial charge in [-0.1, -0.05) is 13.3 Å². The predicted molar refractivity (Wildman–Crippen MR) is 55.7 cm³/mol. The van der Waals surface area contributed by atoms with Gasteiger partial charge in [0, 0.05) is 12.5 Å². The summed E-state index contributed by atoms with van der Waals surface area (Å²) in [6, 6.07) is 0.456. The minimum absolute atomic E-state index is 0.155. The average Bonchev–Trinajstić information content (AvgIpc) is 2.74. The van der Waals surface area contributed by atoms with Gasteiger partial charge in [-0.2, -0.15) is 0 Å². The molecule has 0 aromatic carbocycles. The van der Waals surface area contributed by atoms with Crippen molar-refractivity contribution in [3.05, 3.63) is 0 Å². The molecule has 2 fully saturated rings. The molecule has 0 aromatic heterocycles. The number of rotatable bonds is 4. The molecule has 3 heteroatoms. The predicted octanol–water partition coefficient (Wildman–Crippen LogP) is 1.03. The molecule has 2 unspecified atom stereocenters. The zero-order chi connectivity index (χ0) is 10.2. The molecule has 2 aliphatic carbocycles. The Morgan fingerprint density at radius 2 is 2.21 bits per heavy atom. The monoisotopic (exact) mass is 196 g/mol. The summed E-state index contributed by atoms with van der Waals surface area (Å²) >= 11 is 0. The Morgan fingerprint density at radius 3 is 2.57 bits per heavy atom. The zero-order valence-corrected chi connectivity index (χ0v) is 8.88. The van der Waals surface area contributed by atoms with E-state index in [1.54, 1.807) is 0 Å². The molecule has 2 atom stereocenters. The molecule has 2 aliphatic rings. The fraction of sp³-hybridized carbons (Fsp3) is 0.909. The first kappa shape index (κ1) is 9.97. The first-order valence-electron chi connectivity index (χ1n) is 5.65. The molecule has 0 aliphatic heterocycles. The highest BCUT2D eigenvalue weighted by atomic mass is 16.1. The van der Waals surface area contributed by atoms with E-state index in [0.717, 1.165) is 19.3 Å². The molecule has 0 radical (unpaired) electrons. The number of nitrogens with one attached hydrogen (secondary N) is 1. The molecular weight excluding hydrogens is 176 g/mol. The van der Waals surface area contributed by atoms with E-state index >= 15 is 0 Å². The van der Waals surface area contributed by atoms with Crippen LogP contribution in [0.15, 0.2) is 0 Å². The fourth-order valence-corrected chi connectivity index (χ4v) is 2.25. The molecule has 0 heterocycles. The third-order valence-corrected chi connectivity index (χ3v) is 3.84. The highest BCUT2D eigenvalue weighted by molar-refractivity contribution is 5.77. The number of nitrogens with two attached hydrogens (primary N) is 1. The SMILES string of the molecule is CC1CC1NC(=O)CC1(CN)CCC1. The van der Waals surface area contributed by atoms with Crippen LogP contribution in [0.2, 0.25) is 0 Å². The van der Waals surface area contributed by atoms with Gasteiger partial charge >= 0.3 is 0 Å². The lowest BCUT2D eigenvalue weighted by Crippen LogP contribution is -2.42. The lowest BCUT2D eigenvalue weighted by Gasteiger charge is -2.40. The van der Waals surface area contributed by atoms with Gasteiger partial charge in [0.1, 0.15) is 0 Å². The van der Waals surface area contributed by atoms with Gasteiger partial charge in [0.25, 0.3) is 0 Å². The summed E-state index contributed by atoms with van der Waals surface area (Å²) in [6.07, 6.45) is 5.31. The van der Waals surface area contributed by atoms with Gasteiger partial charge < -0.3 is 11.1 Å². The second-order valence-corrected chi connectivity index (χ2v) is 5.12. The van der Waals surface area contributed by atoms with Crippen LogP contribution in [0, 0.1) is 11.3 Å². The summed E-state index contributed by atoms with van der Waals surface area (Å²) in [5, 5.41) is 3.07. The summed E-state index contributed by atoms with van der Waals surface area (Å²) in [5.41, 5.74) is 5.87. The van der Waals surface area contributed by atoms with Crippen molar-refractivity contribution in [2.24, 2.45) is 17.1 Å². The maximum absolute atomic E-state index is 11.6. The molecule has 80 valence electrons. The van der Waals surface area contributed by atoms with Gasteiger partial charge in [0.15, 0.2) is 0 Å². The highest BCUT2D eigenvalue weighted by Gasteiger charge is 2.40. The van der Waals surface area contributed by atoms with Crippen molar-refractivity contribution < 1.29 is 4.79 Å². The normalized spacial score (nSPS) is 33.3. The van der Waals surface area contributed by atoms with E-state index in [0.29, 0.717) is 24.9 Å². The Morgan fingerprint density at radius 1 is 1.57 bits per heavy atom. The summed E-state index contributed by atoms with van der Waals surface area (Å²) in [7, 11) is 0. The Hall–Kier alpha value is -0.570. The molecule has 3 nitrogen and oxygen atoms in total. The smallest absolute Gasteiger partial charge is 0.220 e. The third-order valence-electron chi connectivity index (χ3n) is 3.84. The van der Waals surface area contributed by atoms with Gasteiger partial charge in [0.2, 0.25) is 5.91 Å². The van der Waals surface area contributed by atoms with E-state index in [9.17, 15) is 4.79 Å². The van der Waals surface area contributed by atoms with E-state index < -0.39 is 0 Å². The topological polar surface area (TPSA) is 55.1 Å². The van der Waals surface area contributed by atoms with Gasteiger partial charge in [-0.15, -0.1) is 0 Å². The average molecular weight is 196 g/mol. The van der Waals surface area contributed by atoms with Crippen LogP contribution < -0.4 is 11.1 Å². The Bertz CT molecular complexity index is 230. The van der Waals surface area contributed by atoms with Gasteiger partial charge in [-0.05, 0) is 37.1 Å². The van der Waals surface area contributed by atoms with Crippen molar-refractivity contribution in [2.75, 3.05) is 6.54 Å². The van der Waals surface area contributed by atoms with Crippen molar-refractivity contribution in [3.8, 4) is 0 Å². The number of carbonyl (C=O) groups excluding carboxylic acids is 1. The van der Waals surface area contributed by atoms with Gasteiger partial charge in [-0.3, -0.25) is 4.79 Å². The summed E-state index contributed by atoms with van der Waals surface area (Å²) in [6.45, 7) is 2.84. The lowest BCUT2D eigenvalue weighted by atomic mass is 9.66. The Labute approximate surface area is 85.4 Å². The van der Waals surface area contributed by atoms with Crippen LogP contribution in [0.1, 0.15) is 39.0 Å². The van der Waals surface area contributed by atoms with E-state index in [1.807, 2.05) is 0 Å². The van der Waals surface area contributed by atoms with E-state index in [2.05, 4.69) is 12.2 Å². The number of hydrogen-bond acceptors (Lipinski definition) is 2. The second kappa shape index (κ2) is 3.54. The van der Waals surface area contributed by atoms with E-state index in [4.69, 9.17) is 5.73 Å². The molecule has 0 spiro atoms. The van der Waals surface area contributed by atoms with Crippen molar-refractivity contribution in [3.63, 3.8) is 0 Å². The minimum atomic E-state index is 0.155. The maximum Gasteiger partial charge on any atom is 0.220 e. The zero-order valence-electron chi connectivity index (χ0n) is 8.88. The highest BCUT2D eigenvalue weighted by Crippen LogP contribution is 2.43.